The molecule has 41 heavy (non-hydrogen) atoms. The second kappa shape index (κ2) is 12.0. The second-order valence-corrected chi connectivity index (χ2v) is 10.7. The average molecular weight is 584 g/mol. The van der Waals surface area contributed by atoms with E-state index in [0.29, 0.717) is 10.8 Å². The van der Waals surface area contributed by atoms with Crippen molar-refractivity contribution in [3.8, 4) is 11.3 Å². The van der Waals surface area contributed by atoms with Crippen LogP contribution in [0, 0.1) is 0 Å². The summed E-state index contributed by atoms with van der Waals surface area (Å²) in [6, 6.07) is 24.2. The van der Waals surface area contributed by atoms with Crippen molar-refractivity contribution >= 4 is 68.4 Å². The predicted octanol–water partition coefficient (Wildman–Crippen LogP) is 6.34. The van der Waals surface area contributed by atoms with Crippen molar-refractivity contribution < 1.29 is 29.4 Å². The minimum atomic E-state index is -1.41. The minimum Gasteiger partial charge on any atom is -0.478 e. The molecule has 1 heterocycles. The fourth-order valence-corrected chi connectivity index (χ4v) is 5.44. The first-order chi connectivity index (χ1) is 19.8. The van der Waals surface area contributed by atoms with Crippen molar-refractivity contribution in [1.82, 2.24) is 4.98 Å². The third kappa shape index (κ3) is 6.60. The van der Waals surface area contributed by atoms with Crippen LogP contribution in [0.4, 0.5) is 10.8 Å². The predicted molar refractivity (Wildman–Crippen MR) is 159 cm³/mol. The number of carbonyl (C=O) groups is 4. The maximum Gasteiger partial charge on any atom is 0.336 e. The monoisotopic (exact) mass is 583 g/mol. The molecular weight excluding hydrogens is 562 g/mol. The van der Waals surface area contributed by atoms with Gasteiger partial charge in [-0.1, -0.05) is 36.4 Å². The Labute approximate surface area is 241 Å². The maximum atomic E-state index is 12.7. The van der Waals surface area contributed by atoms with Gasteiger partial charge in [-0.15, -0.1) is 23.1 Å². The Kier molecular flexibility index (Phi) is 8.09. The first kappa shape index (κ1) is 27.6. The Balaban J connectivity index is 1.15. The van der Waals surface area contributed by atoms with Crippen LogP contribution in [0.25, 0.3) is 22.0 Å². The molecule has 4 N–H and O–H groups in total. The molecule has 9 nitrogen and oxygen atoms in total. The van der Waals surface area contributed by atoms with Crippen LogP contribution in [0.2, 0.25) is 0 Å². The van der Waals surface area contributed by atoms with Gasteiger partial charge in [0.25, 0.3) is 5.91 Å². The lowest BCUT2D eigenvalue weighted by molar-refractivity contribution is -0.113. The molecule has 5 aromatic rings. The van der Waals surface area contributed by atoms with Crippen molar-refractivity contribution in [3.63, 3.8) is 0 Å². The number of aromatic carboxylic acids is 2. The van der Waals surface area contributed by atoms with Gasteiger partial charge in [0.2, 0.25) is 5.91 Å². The second-order valence-electron chi connectivity index (χ2n) is 8.79. The Morgan fingerprint density at radius 3 is 2.27 bits per heavy atom. The summed E-state index contributed by atoms with van der Waals surface area (Å²) in [6.45, 7) is 0. The molecule has 0 aliphatic heterocycles. The molecule has 2 amide bonds. The molecule has 0 bridgehead atoms. The Morgan fingerprint density at radius 2 is 1.54 bits per heavy atom. The van der Waals surface area contributed by atoms with Crippen molar-refractivity contribution in [1.29, 1.82) is 0 Å². The highest BCUT2D eigenvalue weighted by Crippen LogP contribution is 2.28. The number of amides is 2. The first-order valence-electron chi connectivity index (χ1n) is 12.2. The van der Waals surface area contributed by atoms with E-state index in [1.54, 1.807) is 24.3 Å². The maximum absolute atomic E-state index is 12.7. The van der Waals surface area contributed by atoms with Crippen LogP contribution in [0.3, 0.4) is 0 Å². The van der Waals surface area contributed by atoms with Crippen molar-refractivity contribution in [2.24, 2.45) is 0 Å². The molecule has 4 aromatic carbocycles. The molecule has 0 spiro atoms. The Hall–Kier alpha value is -5.00. The number of benzene rings is 4. The number of hydrogen-bond donors (Lipinski definition) is 4. The van der Waals surface area contributed by atoms with Gasteiger partial charge in [0.05, 0.1) is 28.1 Å². The van der Waals surface area contributed by atoms with Crippen LogP contribution >= 0.6 is 23.1 Å². The fraction of sp³-hybridized carbons (Fsp3) is 0.0333. The highest BCUT2D eigenvalue weighted by molar-refractivity contribution is 8.00. The number of hydrogen-bond acceptors (Lipinski definition) is 7. The van der Waals surface area contributed by atoms with Crippen LogP contribution in [0.1, 0.15) is 31.1 Å². The molecular formula is C30H21N3O6S2. The molecule has 0 radical (unpaired) electrons. The van der Waals surface area contributed by atoms with Gasteiger partial charge in [-0.05, 0) is 59.3 Å². The average Bonchev–Trinajstić information content (AvgIpc) is 3.44. The van der Waals surface area contributed by atoms with Crippen LogP contribution in [-0.2, 0) is 4.79 Å². The van der Waals surface area contributed by atoms with Gasteiger partial charge in [-0.3, -0.25) is 9.59 Å². The highest BCUT2D eigenvalue weighted by Gasteiger charge is 2.19. The smallest absolute Gasteiger partial charge is 0.336 e. The van der Waals surface area contributed by atoms with Gasteiger partial charge in [0.1, 0.15) is 0 Å². The third-order valence-corrected chi connectivity index (χ3v) is 7.79. The first-order valence-corrected chi connectivity index (χ1v) is 14.0. The zero-order valence-corrected chi connectivity index (χ0v) is 22.8. The molecule has 11 heteroatoms. The number of nitrogens with zero attached hydrogens (tertiary/aromatic N) is 1. The van der Waals surface area contributed by atoms with E-state index in [9.17, 15) is 24.3 Å². The fourth-order valence-electron chi connectivity index (χ4n) is 4.00. The summed E-state index contributed by atoms with van der Waals surface area (Å²) in [6.07, 6.45) is 0. The van der Waals surface area contributed by atoms with Crippen LogP contribution in [0.15, 0.2) is 95.2 Å². The normalized spacial score (nSPS) is 10.7. The molecule has 1 aromatic heterocycles. The van der Waals surface area contributed by atoms with Crippen LogP contribution in [-0.4, -0.2) is 44.7 Å². The topological polar surface area (TPSA) is 146 Å². The number of carbonyl (C=O) groups excluding carboxylic acids is 2. The SMILES string of the molecule is O=C(CSc1ccc(NC(=O)c2ccc(C(=O)O)cc2C(=O)O)cc1)Nc1nc(-c2ccc3ccccc3c2)cs1. The largest absolute Gasteiger partial charge is 0.478 e. The van der Waals surface area contributed by atoms with Crippen molar-refractivity contribution in [2.45, 2.75) is 4.90 Å². The van der Waals surface area contributed by atoms with E-state index in [1.807, 2.05) is 41.8 Å². The van der Waals surface area contributed by atoms with Gasteiger partial charge in [0, 0.05) is 21.5 Å². The van der Waals surface area contributed by atoms with Gasteiger partial charge in [-0.25, -0.2) is 14.6 Å². The number of carboxylic acid groups (broad SMARTS) is 2. The quantitative estimate of drug-likeness (QED) is 0.147. The van der Waals surface area contributed by atoms with Crippen LogP contribution < -0.4 is 10.6 Å². The standard InChI is InChI=1S/C30H21N3O6S2/c34-26(33-30-32-25(15-41-30)19-6-5-17-3-1-2-4-18(17)13-19)16-40-22-10-8-21(9-11-22)31-27(35)23-12-7-20(28(36)37)14-24(23)29(38)39/h1-15H,16H2,(H,31,35)(H,36,37)(H,38,39)(H,32,33,34). The Morgan fingerprint density at radius 1 is 0.780 bits per heavy atom. The van der Waals surface area contributed by atoms with E-state index < -0.39 is 23.4 Å². The molecule has 0 aliphatic rings. The number of thiazole rings is 1. The number of carboxylic acids is 2. The zero-order valence-electron chi connectivity index (χ0n) is 21.2. The lowest BCUT2D eigenvalue weighted by atomic mass is 10.0. The Bertz CT molecular complexity index is 1800. The molecule has 204 valence electrons. The molecule has 0 atom stereocenters. The highest BCUT2D eigenvalue weighted by atomic mass is 32.2. The lowest BCUT2D eigenvalue weighted by Crippen LogP contribution is -2.17. The summed E-state index contributed by atoms with van der Waals surface area (Å²) in [4.78, 5) is 53.2. The molecule has 5 rings (SSSR count). The number of aromatic nitrogens is 1. The third-order valence-electron chi connectivity index (χ3n) is 6.02. The van der Waals surface area contributed by atoms with Crippen LogP contribution in [0.5, 0.6) is 0 Å². The van der Waals surface area contributed by atoms with E-state index in [-0.39, 0.29) is 22.8 Å². The number of rotatable bonds is 9. The van der Waals surface area contributed by atoms with Crippen molar-refractivity contribution in [3.05, 3.63) is 107 Å². The summed E-state index contributed by atoms with van der Waals surface area (Å²) >= 11 is 2.66. The van der Waals surface area contributed by atoms with Gasteiger partial charge >= 0.3 is 11.9 Å². The number of thioether (sulfide) groups is 1. The van der Waals surface area contributed by atoms with Gasteiger partial charge < -0.3 is 20.8 Å². The minimum absolute atomic E-state index is 0.147. The van der Waals surface area contributed by atoms with E-state index in [0.717, 1.165) is 39.1 Å². The summed E-state index contributed by atoms with van der Waals surface area (Å²) in [7, 11) is 0. The molecule has 0 saturated heterocycles. The number of anilines is 2. The lowest BCUT2D eigenvalue weighted by Gasteiger charge is -2.09. The molecule has 0 saturated carbocycles. The molecule has 0 fully saturated rings. The summed E-state index contributed by atoms with van der Waals surface area (Å²) in [5.74, 6) is -3.46. The van der Waals surface area contributed by atoms with E-state index >= 15 is 0 Å². The number of fused-ring (bicyclic) bond motifs is 1. The van der Waals surface area contributed by atoms with E-state index in [1.165, 1.54) is 29.2 Å². The number of nitrogens with one attached hydrogen (secondary N) is 2. The zero-order chi connectivity index (χ0) is 28.9. The van der Waals surface area contributed by atoms with E-state index in [4.69, 9.17) is 5.11 Å². The molecule has 0 unspecified atom stereocenters. The summed E-state index contributed by atoms with van der Waals surface area (Å²) in [5.41, 5.74) is 1.36. The molecule has 0 aliphatic carbocycles. The summed E-state index contributed by atoms with van der Waals surface area (Å²) < 4.78 is 0. The van der Waals surface area contributed by atoms with E-state index in [2.05, 4.69) is 21.7 Å². The van der Waals surface area contributed by atoms with Gasteiger partial charge in [0.15, 0.2) is 5.13 Å². The summed E-state index contributed by atoms with van der Waals surface area (Å²) in [5, 5.41) is 28.6. The van der Waals surface area contributed by atoms with Crippen molar-refractivity contribution in [2.75, 3.05) is 16.4 Å². The van der Waals surface area contributed by atoms with Gasteiger partial charge in [-0.2, -0.15) is 0 Å².